The highest BCUT2D eigenvalue weighted by Crippen LogP contribution is 2.23. The minimum absolute atomic E-state index is 0.238. The van der Waals surface area contributed by atoms with Gasteiger partial charge in [-0.05, 0) is 35.3 Å². The lowest BCUT2D eigenvalue weighted by Gasteiger charge is -2.20. The quantitative estimate of drug-likeness (QED) is 0.760. The van der Waals surface area contributed by atoms with Crippen LogP contribution in [0.25, 0.3) is 0 Å². The maximum Gasteiger partial charge on any atom is 0.0714 e. The molecule has 0 aromatic heterocycles. The van der Waals surface area contributed by atoms with Gasteiger partial charge in [0.1, 0.15) is 0 Å². The van der Waals surface area contributed by atoms with Gasteiger partial charge in [-0.3, -0.25) is 4.90 Å². The standard InChI is InChI=1S/C20H33NO/c1-16(2)11-13-22-19-10-12-21(15-19)14-17-6-8-18(9-7-17)20(3,4)5/h6-9,16,19H,10-15H2,1-5H3. The zero-order chi connectivity index (χ0) is 16.2. The van der Waals surface area contributed by atoms with Gasteiger partial charge >= 0.3 is 0 Å². The van der Waals surface area contributed by atoms with Crippen molar-refractivity contribution in [2.45, 2.75) is 65.5 Å². The lowest BCUT2D eigenvalue weighted by Crippen LogP contribution is -2.23. The van der Waals surface area contributed by atoms with Crippen LogP contribution in [0.2, 0.25) is 0 Å². The molecule has 2 rings (SSSR count). The van der Waals surface area contributed by atoms with Crippen LogP contribution in [0, 0.1) is 5.92 Å². The van der Waals surface area contributed by atoms with E-state index in [9.17, 15) is 0 Å². The van der Waals surface area contributed by atoms with E-state index in [-0.39, 0.29) is 5.41 Å². The molecule has 124 valence electrons. The second-order valence-corrected chi connectivity index (χ2v) is 8.15. The molecule has 2 heteroatoms. The summed E-state index contributed by atoms with van der Waals surface area (Å²) in [4.78, 5) is 2.52. The molecule has 1 saturated heterocycles. The van der Waals surface area contributed by atoms with Gasteiger partial charge in [-0.2, -0.15) is 0 Å². The summed E-state index contributed by atoms with van der Waals surface area (Å²) in [6.07, 6.45) is 2.79. The van der Waals surface area contributed by atoms with Crippen molar-refractivity contribution < 1.29 is 4.74 Å². The summed E-state index contributed by atoms with van der Waals surface area (Å²) in [7, 11) is 0. The number of nitrogens with zero attached hydrogens (tertiary/aromatic N) is 1. The number of hydrogen-bond acceptors (Lipinski definition) is 2. The summed E-state index contributed by atoms with van der Waals surface area (Å²) in [5.41, 5.74) is 3.06. The first kappa shape index (κ1) is 17.5. The van der Waals surface area contributed by atoms with E-state index in [0.29, 0.717) is 6.10 Å². The lowest BCUT2D eigenvalue weighted by atomic mass is 9.87. The number of likely N-dealkylation sites (tertiary alicyclic amines) is 1. The predicted octanol–water partition coefficient (Wildman–Crippen LogP) is 4.62. The third-order valence-electron chi connectivity index (χ3n) is 4.50. The zero-order valence-corrected chi connectivity index (χ0v) is 15.1. The summed E-state index contributed by atoms with van der Waals surface area (Å²) in [5.74, 6) is 0.735. The first-order valence-electron chi connectivity index (χ1n) is 8.78. The van der Waals surface area contributed by atoms with Crippen LogP contribution < -0.4 is 0 Å². The molecule has 22 heavy (non-hydrogen) atoms. The van der Waals surface area contributed by atoms with Gasteiger partial charge in [0.15, 0.2) is 0 Å². The van der Waals surface area contributed by atoms with Crippen molar-refractivity contribution >= 4 is 0 Å². The normalized spacial score (nSPS) is 20.0. The molecule has 0 aliphatic carbocycles. The van der Waals surface area contributed by atoms with E-state index in [1.54, 1.807) is 0 Å². The van der Waals surface area contributed by atoms with Gasteiger partial charge in [-0.15, -0.1) is 0 Å². The van der Waals surface area contributed by atoms with Crippen LogP contribution in [-0.2, 0) is 16.7 Å². The van der Waals surface area contributed by atoms with E-state index >= 15 is 0 Å². The fourth-order valence-corrected chi connectivity index (χ4v) is 2.92. The molecule has 0 saturated carbocycles. The van der Waals surface area contributed by atoms with Crippen LogP contribution in [0.1, 0.15) is 58.6 Å². The van der Waals surface area contributed by atoms with Gasteiger partial charge < -0.3 is 4.74 Å². The fourth-order valence-electron chi connectivity index (χ4n) is 2.92. The molecule has 0 amide bonds. The van der Waals surface area contributed by atoms with E-state index in [0.717, 1.165) is 32.2 Å². The highest BCUT2D eigenvalue weighted by Gasteiger charge is 2.23. The van der Waals surface area contributed by atoms with Crippen LogP contribution in [0.15, 0.2) is 24.3 Å². The van der Waals surface area contributed by atoms with E-state index in [1.807, 2.05) is 0 Å². The predicted molar refractivity (Wildman–Crippen MR) is 94.2 cm³/mol. The largest absolute Gasteiger partial charge is 0.377 e. The summed E-state index contributed by atoms with van der Waals surface area (Å²) >= 11 is 0. The van der Waals surface area contributed by atoms with Crippen molar-refractivity contribution in [1.82, 2.24) is 4.90 Å². The van der Waals surface area contributed by atoms with Crippen molar-refractivity contribution in [3.8, 4) is 0 Å². The maximum atomic E-state index is 6.00. The van der Waals surface area contributed by atoms with Gasteiger partial charge in [-0.1, -0.05) is 58.9 Å². The third kappa shape index (κ3) is 5.40. The Morgan fingerprint density at radius 1 is 1.18 bits per heavy atom. The van der Waals surface area contributed by atoms with Crippen molar-refractivity contribution in [3.05, 3.63) is 35.4 Å². The van der Waals surface area contributed by atoms with Gasteiger partial charge in [0.2, 0.25) is 0 Å². The van der Waals surface area contributed by atoms with Crippen LogP contribution in [0.3, 0.4) is 0 Å². The molecule has 1 aliphatic heterocycles. The Morgan fingerprint density at radius 2 is 1.86 bits per heavy atom. The molecule has 0 radical (unpaired) electrons. The number of rotatable bonds is 6. The van der Waals surface area contributed by atoms with Crippen LogP contribution in [0.5, 0.6) is 0 Å². The monoisotopic (exact) mass is 303 g/mol. The van der Waals surface area contributed by atoms with E-state index in [1.165, 1.54) is 24.0 Å². The van der Waals surface area contributed by atoms with E-state index in [2.05, 4.69) is 63.8 Å². The third-order valence-corrected chi connectivity index (χ3v) is 4.50. The first-order chi connectivity index (χ1) is 10.3. The average molecular weight is 303 g/mol. The molecule has 0 bridgehead atoms. The summed E-state index contributed by atoms with van der Waals surface area (Å²) in [6, 6.07) is 9.13. The van der Waals surface area contributed by atoms with Crippen LogP contribution in [0.4, 0.5) is 0 Å². The molecule has 2 nitrogen and oxygen atoms in total. The van der Waals surface area contributed by atoms with Crippen molar-refractivity contribution in [1.29, 1.82) is 0 Å². The molecule has 1 aromatic carbocycles. The Hall–Kier alpha value is -0.860. The SMILES string of the molecule is CC(C)CCOC1CCN(Cc2ccc(C(C)(C)C)cc2)C1. The average Bonchev–Trinajstić information content (AvgIpc) is 2.85. The Kier molecular flexibility index (Phi) is 6.05. The highest BCUT2D eigenvalue weighted by molar-refractivity contribution is 5.27. The second-order valence-electron chi connectivity index (χ2n) is 8.15. The molecule has 1 aromatic rings. The van der Waals surface area contributed by atoms with Gasteiger partial charge in [0.05, 0.1) is 6.10 Å². The van der Waals surface area contributed by atoms with Crippen molar-refractivity contribution in [2.24, 2.45) is 5.92 Å². The van der Waals surface area contributed by atoms with Crippen molar-refractivity contribution in [3.63, 3.8) is 0 Å². The molecule has 1 fully saturated rings. The lowest BCUT2D eigenvalue weighted by molar-refractivity contribution is 0.0518. The number of benzene rings is 1. The molecular weight excluding hydrogens is 270 g/mol. The molecule has 0 N–H and O–H groups in total. The zero-order valence-electron chi connectivity index (χ0n) is 15.1. The topological polar surface area (TPSA) is 12.5 Å². The molecule has 1 heterocycles. The Balaban J connectivity index is 1.78. The maximum absolute atomic E-state index is 6.00. The Labute approximate surface area is 136 Å². The molecular formula is C20H33NO. The van der Waals surface area contributed by atoms with E-state index < -0.39 is 0 Å². The Bertz CT molecular complexity index is 444. The number of ether oxygens (including phenoxy) is 1. The molecule has 1 atom stereocenters. The smallest absolute Gasteiger partial charge is 0.0714 e. The summed E-state index contributed by atoms with van der Waals surface area (Å²) < 4.78 is 6.00. The second kappa shape index (κ2) is 7.61. The first-order valence-corrected chi connectivity index (χ1v) is 8.78. The number of hydrogen-bond donors (Lipinski definition) is 0. The van der Waals surface area contributed by atoms with Gasteiger partial charge in [-0.25, -0.2) is 0 Å². The Morgan fingerprint density at radius 3 is 2.45 bits per heavy atom. The highest BCUT2D eigenvalue weighted by atomic mass is 16.5. The molecule has 1 unspecified atom stereocenters. The fraction of sp³-hybridized carbons (Fsp3) is 0.700. The minimum Gasteiger partial charge on any atom is -0.377 e. The van der Waals surface area contributed by atoms with Gasteiger partial charge in [0, 0.05) is 26.2 Å². The van der Waals surface area contributed by atoms with E-state index in [4.69, 9.17) is 4.74 Å². The van der Waals surface area contributed by atoms with Crippen LogP contribution in [-0.4, -0.2) is 30.7 Å². The minimum atomic E-state index is 0.238. The summed E-state index contributed by atoms with van der Waals surface area (Å²) in [5, 5.41) is 0. The van der Waals surface area contributed by atoms with Gasteiger partial charge in [0.25, 0.3) is 0 Å². The molecule has 1 aliphatic rings. The van der Waals surface area contributed by atoms with Crippen molar-refractivity contribution in [2.75, 3.05) is 19.7 Å². The van der Waals surface area contributed by atoms with Crippen LogP contribution >= 0.6 is 0 Å². The summed E-state index contributed by atoms with van der Waals surface area (Å²) in [6.45, 7) is 15.5. The molecule has 0 spiro atoms.